The summed E-state index contributed by atoms with van der Waals surface area (Å²) in [5.41, 5.74) is -0.360. The van der Waals surface area contributed by atoms with Gasteiger partial charge in [0.25, 0.3) is 0 Å². The highest BCUT2D eigenvalue weighted by atomic mass is 19.1. The molecule has 1 aromatic carbocycles. The summed E-state index contributed by atoms with van der Waals surface area (Å²) in [6.45, 7) is 6.75. The molecule has 1 atom stereocenters. The van der Waals surface area contributed by atoms with Gasteiger partial charge in [-0.2, -0.15) is 0 Å². The zero-order chi connectivity index (χ0) is 15.5. The summed E-state index contributed by atoms with van der Waals surface area (Å²) in [6, 6.07) is 4.46. The lowest BCUT2D eigenvalue weighted by molar-refractivity contribution is -0.153. The number of aliphatic carboxylic acids is 1. The SMILES string of the molecule is Cc1ccc(NC(=O)CC(C)(C(=O)O)C(C)C)c(F)c1. The first-order chi connectivity index (χ1) is 9.16. The molecule has 0 bridgehead atoms. The Morgan fingerprint density at radius 1 is 1.40 bits per heavy atom. The van der Waals surface area contributed by atoms with E-state index < -0.39 is 23.1 Å². The lowest BCUT2D eigenvalue weighted by Crippen LogP contribution is -2.37. The van der Waals surface area contributed by atoms with Gasteiger partial charge in [0.1, 0.15) is 5.82 Å². The second-order valence-electron chi connectivity index (χ2n) is 5.59. The second kappa shape index (κ2) is 6.03. The summed E-state index contributed by atoms with van der Waals surface area (Å²) in [4.78, 5) is 23.2. The van der Waals surface area contributed by atoms with E-state index in [-0.39, 0.29) is 18.0 Å². The van der Waals surface area contributed by atoms with Gasteiger partial charge in [-0.05, 0) is 37.5 Å². The molecule has 1 aromatic rings. The van der Waals surface area contributed by atoms with E-state index in [2.05, 4.69) is 5.32 Å². The Labute approximate surface area is 118 Å². The number of carboxylic acids is 1. The van der Waals surface area contributed by atoms with Crippen LogP contribution >= 0.6 is 0 Å². The van der Waals surface area contributed by atoms with Gasteiger partial charge in [0.05, 0.1) is 11.1 Å². The van der Waals surface area contributed by atoms with E-state index >= 15 is 0 Å². The largest absolute Gasteiger partial charge is 0.481 e. The van der Waals surface area contributed by atoms with E-state index in [0.717, 1.165) is 5.56 Å². The van der Waals surface area contributed by atoms with Crippen molar-refractivity contribution in [1.82, 2.24) is 0 Å². The maximum atomic E-state index is 13.6. The van der Waals surface area contributed by atoms with Crippen LogP contribution in [0.15, 0.2) is 18.2 Å². The predicted octanol–water partition coefficient (Wildman–Crippen LogP) is 3.21. The first-order valence-electron chi connectivity index (χ1n) is 6.46. The van der Waals surface area contributed by atoms with Crippen molar-refractivity contribution in [3.05, 3.63) is 29.6 Å². The van der Waals surface area contributed by atoms with E-state index in [4.69, 9.17) is 0 Å². The van der Waals surface area contributed by atoms with E-state index in [9.17, 15) is 19.1 Å². The van der Waals surface area contributed by atoms with Crippen molar-refractivity contribution in [2.75, 3.05) is 5.32 Å². The normalized spacial score (nSPS) is 13.9. The van der Waals surface area contributed by atoms with Gasteiger partial charge < -0.3 is 10.4 Å². The Hall–Kier alpha value is -1.91. The Kier molecular flexibility index (Phi) is 4.87. The van der Waals surface area contributed by atoms with Crippen LogP contribution in [0.3, 0.4) is 0 Å². The third kappa shape index (κ3) is 3.56. The molecule has 0 aliphatic carbocycles. The topological polar surface area (TPSA) is 66.4 Å². The lowest BCUT2D eigenvalue weighted by atomic mass is 9.76. The smallest absolute Gasteiger partial charge is 0.310 e. The number of anilines is 1. The fraction of sp³-hybridized carbons (Fsp3) is 0.467. The molecule has 2 N–H and O–H groups in total. The van der Waals surface area contributed by atoms with Crippen molar-refractivity contribution in [2.24, 2.45) is 11.3 Å². The third-order valence-corrected chi connectivity index (χ3v) is 3.69. The number of rotatable bonds is 5. The molecule has 0 aliphatic heterocycles. The van der Waals surface area contributed by atoms with Crippen LogP contribution in [0.2, 0.25) is 0 Å². The monoisotopic (exact) mass is 281 g/mol. The van der Waals surface area contributed by atoms with Crippen LogP contribution in [-0.2, 0) is 9.59 Å². The molecule has 1 amide bonds. The average Bonchev–Trinajstić information content (AvgIpc) is 2.32. The standard InChI is InChI=1S/C15H20FNO3/c1-9(2)15(4,14(19)20)8-13(18)17-12-6-5-10(3)7-11(12)16/h5-7,9H,8H2,1-4H3,(H,17,18)(H,19,20). The van der Waals surface area contributed by atoms with Gasteiger partial charge in [0.2, 0.25) is 5.91 Å². The number of amides is 1. The third-order valence-electron chi connectivity index (χ3n) is 3.69. The number of benzene rings is 1. The highest BCUT2D eigenvalue weighted by molar-refractivity contribution is 5.94. The van der Waals surface area contributed by atoms with Gasteiger partial charge in [-0.25, -0.2) is 4.39 Å². The summed E-state index contributed by atoms with van der Waals surface area (Å²) < 4.78 is 13.6. The number of carboxylic acid groups (broad SMARTS) is 1. The fourth-order valence-corrected chi connectivity index (χ4v) is 1.78. The zero-order valence-electron chi connectivity index (χ0n) is 12.2. The molecule has 1 unspecified atom stereocenters. The molecule has 20 heavy (non-hydrogen) atoms. The van der Waals surface area contributed by atoms with Crippen LogP contribution < -0.4 is 5.32 Å². The van der Waals surface area contributed by atoms with Crippen molar-refractivity contribution >= 4 is 17.6 Å². The van der Waals surface area contributed by atoms with Gasteiger partial charge >= 0.3 is 5.97 Å². The number of nitrogens with one attached hydrogen (secondary N) is 1. The molecule has 0 fully saturated rings. The highest BCUT2D eigenvalue weighted by Gasteiger charge is 2.38. The molecule has 5 heteroatoms. The fourth-order valence-electron chi connectivity index (χ4n) is 1.78. The molecule has 0 saturated heterocycles. The van der Waals surface area contributed by atoms with Crippen LogP contribution in [0.5, 0.6) is 0 Å². The number of hydrogen-bond acceptors (Lipinski definition) is 2. The highest BCUT2D eigenvalue weighted by Crippen LogP contribution is 2.32. The maximum Gasteiger partial charge on any atom is 0.310 e. The number of aryl methyl sites for hydroxylation is 1. The quantitative estimate of drug-likeness (QED) is 0.871. The molecular formula is C15H20FNO3. The van der Waals surface area contributed by atoms with Crippen LogP contribution in [-0.4, -0.2) is 17.0 Å². The van der Waals surface area contributed by atoms with Crippen molar-refractivity contribution in [1.29, 1.82) is 0 Å². The number of carbonyl (C=O) groups is 2. The minimum Gasteiger partial charge on any atom is -0.481 e. The summed E-state index contributed by atoms with van der Waals surface area (Å²) in [7, 11) is 0. The summed E-state index contributed by atoms with van der Waals surface area (Å²) in [6.07, 6.45) is -0.201. The molecule has 0 radical (unpaired) electrons. The van der Waals surface area contributed by atoms with E-state index in [1.807, 2.05) is 0 Å². The maximum absolute atomic E-state index is 13.6. The molecule has 0 heterocycles. The minimum atomic E-state index is -1.18. The molecular weight excluding hydrogens is 261 g/mol. The van der Waals surface area contributed by atoms with Crippen molar-refractivity contribution < 1.29 is 19.1 Å². The first-order valence-corrected chi connectivity index (χ1v) is 6.46. The minimum absolute atomic E-state index is 0.0668. The van der Waals surface area contributed by atoms with Crippen molar-refractivity contribution in [3.63, 3.8) is 0 Å². The van der Waals surface area contributed by atoms with Crippen LogP contribution in [0.4, 0.5) is 10.1 Å². The molecule has 0 spiro atoms. The van der Waals surface area contributed by atoms with Gasteiger partial charge in [-0.1, -0.05) is 19.9 Å². The number of halogens is 1. The average molecular weight is 281 g/mol. The van der Waals surface area contributed by atoms with Crippen LogP contribution in [0.25, 0.3) is 0 Å². The molecule has 0 saturated carbocycles. The second-order valence-corrected chi connectivity index (χ2v) is 5.59. The van der Waals surface area contributed by atoms with E-state index in [1.54, 1.807) is 26.8 Å². The van der Waals surface area contributed by atoms with E-state index in [1.165, 1.54) is 19.1 Å². The molecule has 0 aromatic heterocycles. The Morgan fingerprint density at radius 3 is 2.45 bits per heavy atom. The van der Waals surface area contributed by atoms with Gasteiger partial charge in [-0.3, -0.25) is 9.59 Å². The zero-order valence-corrected chi connectivity index (χ0v) is 12.2. The van der Waals surface area contributed by atoms with Gasteiger partial charge in [0.15, 0.2) is 0 Å². The van der Waals surface area contributed by atoms with Gasteiger partial charge in [-0.15, -0.1) is 0 Å². The lowest BCUT2D eigenvalue weighted by Gasteiger charge is -2.28. The predicted molar refractivity (Wildman–Crippen MR) is 75.0 cm³/mol. The molecule has 1 rings (SSSR count). The van der Waals surface area contributed by atoms with Crippen molar-refractivity contribution in [2.45, 2.75) is 34.1 Å². The molecule has 110 valence electrons. The summed E-state index contributed by atoms with van der Waals surface area (Å²) >= 11 is 0. The summed E-state index contributed by atoms with van der Waals surface area (Å²) in [5.74, 6) is -2.29. The van der Waals surface area contributed by atoms with Gasteiger partial charge in [0, 0.05) is 6.42 Å². The number of carbonyl (C=O) groups excluding carboxylic acids is 1. The first kappa shape index (κ1) is 16.1. The van der Waals surface area contributed by atoms with Crippen molar-refractivity contribution in [3.8, 4) is 0 Å². The number of hydrogen-bond donors (Lipinski definition) is 2. The Balaban J connectivity index is 2.84. The van der Waals surface area contributed by atoms with E-state index in [0.29, 0.717) is 0 Å². The van der Waals surface area contributed by atoms with Crippen LogP contribution in [0.1, 0.15) is 32.8 Å². The Bertz CT molecular complexity index is 528. The molecule has 4 nitrogen and oxygen atoms in total. The summed E-state index contributed by atoms with van der Waals surface area (Å²) in [5, 5.41) is 11.7. The molecule has 0 aliphatic rings. The van der Waals surface area contributed by atoms with Crippen LogP contribution in [0, 0.1) is 24.1 Å². The Morgan fingerprint density at radius 2 is 2.00 bits per heavy atom.